The van der Waals surface area contributed by atoms with Crippen LogP contribution in [0.2, 0.25) is 0 Å². The second-order valence-electron chi connectivity index (χ2n) is 3.02. The first-order valence-corrected chi connectivity index (χ1v) is 5.60. The van der Waals surface area contributed by atoms with Crippen molar-refractivity contribution in [2.24, 2.45) is 0 Å². The van der Waals surface area contributed by atoms with Gasteiger partial charge in [-0.1, -0.05) is 30.3 Å². The number of benzene rings is 2. The molecule has 2 heteroatoms. The van der Waals surface area contributed by atoms with Gasteiger partial charge in [0, 0.05) is 10.5 Å². The molecule has 1 nitrogen and oxygen atoms in total. The maximum atomic E-state index is 11.0. The number of hydrogen-bond donors (Lipinski definition) is 0. The third-order valence-electron chi connectivity index (χ3n) is 2.27. The van der Waals surface area contributed by atoms with E-state index in [9.17, 15) is 4.79 Å². The molecule has 0 N–H and O–H groups in total. The average molecular weight is 202 g/mol. The van der Waals surface area contributed by atoms with E-state index in [-0.39, 0.29) is 0 Å². The normalized spacial score (nSPS) is 10.4. The lowest BCUT2D eigenvalue weighted by molar-refractivity contribution is 0.112. The van der Waals surface area contributed by atoms with E-state index in [4.69, 9.17) is 0 Å². The van der Waals surface area contributed by atoms with E-state index in [0.29, 0.717) is 0 Å². The van der Waals surface area contributed by atoms with Gasteiger partial charge in [-0.3, -0.25) is 4.79 Å². The largest absolute Gasteiger partial charge is 0.298 e. The number of aldehydes is 1. The number of fused-ring (bicyclic) bond motifs is 1. The predicted molar refractivity (Wildman–Crippen MR) is 61.1 cm³/mol. The standard InChI is InChI=1S/C12H10OS/c1-14-12-7-6-9-4-2-3-5-10(9)11(12)8-13/h2-8H,1H3. The predicted octanol–water partition coefficient (Wildman–Crippen LogP) is 3.37. The molecule has 0 heterocycles. The van der Waals surface area contributed by atoms with Gasteiger partial charge in [-0.05, 0) is 23.1 Å². The summed E-state index contributed by atoms with van der Waals surface area (Å²) in [6.45, 7) is 0. The highest BCUT2D eigenvalue weighted by Crippen LogP contribution is 2.26. The van der Waals surface area contributed by atoms with Gasteiger partial charge in [-0.2, -0.15) is 0 Å². The van der Waals surface area contributed by atoms with Crippen molar-refractivity contribution in [3.05, 3.63) is 42.0 Å². The van der Waals surface area contributed by atoms with Gasteiger partial charge in [0.1, 0.15) is 0 Å². The van der Waals surface area contributed by atoms with Crippen LogP contribution in [0.5, 0.6) is 0 Å². The van der Waals surface area contributed by atoms with E-state index >= 15 is 0 Å². The molecule has 0 radical (unpaired) electrons. The molecule has 2 rings (SSSR count). The van der Waals surface area contributed by atoms with Crippen molar-refractivity contribution in [3.63, 3.8) is 0 Å². The highest BCUT2D eigenvalue weighted by Gasteiger charge is 2.04. The highest BCUT2D eigenvalue weighted by atomic mass is 32.2. The summed E-state index contributed by atoms with van der Waals surface area (Å²) in [5.41, 5.74) is 0.801. The lowest BCUT2D eigenvalue weighted by atomic mass is 10.1. The molecule has 0 aliphatic rings. The van der Waals surface area contributed by atoms with Crippen LogP contribution in [0, 0.1) is 0 Å². The summed E-state index contributed by atoms with van der Waals surface area (Å²) in [5, 5.41) is 2.15. The Kier molecular flexibility index (Phi) is 2.55. The van der Waals surface area contributed by atoms with Crippen LogP contribution in [0.1, 0.15) is 10.4 Å². The number of carbonyl (C=O) groups is 1. The SMILES string of the molecule is CSc1ccc2ccccc2c1C=O. The molecule has 0 atom stereocenters. The van der Waals surface area contributed by atoms with Crippen molar-refractivity contribution >= 4 is 28.8 Å². The molecule has 0 spiro atoms. The van der Waals surface area contributed by atoms with E-state index < -0.39 is 0 Å². The van der Waals surface area contributed by atoms with E-state index in [1.807, 2.05) is 42.7 Å². The molecule has 0 unspecified atom stereocenters. The Balaban J connectivity index is 2.83. The summed E-state index contributed by atoms with van der Waals surface area (Å²) in [4.78, 5) is 12.0. The molecule has 0 aliphatic heterocycles. The number of thioether (sulfide) groups is 1. The Hall–Kier alpha value is -1.28. The Bertz CT molecular complexity index is 477. The van der Waals surface area contributed by atoms with Crippen molar-refractivity contribution < 1.29 is 4.79 Å². The molecule has 0 saturated carbocycles. The van der Waals surface area contributed by atoms with Crippen LogP contribution in [-0.2, 0) is 0 Å². The topological polar surface area (TPSA) is 17.1 Å². The highest BCUT2D eigenvalue weighted by molar-refractivity contribution is 7.98. The quantitative estimate of drug-likeness (QED) is 0.548. The summed E-state index contributed by atoms with van der Waals surface area (Å²) in [7, 11) is 0. The van der Waals surface area contributed by atoms with Crippen molar-refractivity contribution in [1.29, 1.82) is 0 Å². The molecule has 2 aromatic rings. The van der Waals surface area contributed by atoms with Crippen LogP contribution in [0.15, 0.2) is 41.3 Å². The third-order valence-corrected chi connectivity index (χ3v) is 3.06. The Morgan fingerprint density at radius 2 is 1.93 bits per heavy atom. The van der Waals surface area contributed by atoms with Crippen LogP contribution in [0.3, 0.4) is 0 Å². The molecular weight excluding hydrogens is 192 g/mol. The minimum atomic E-state index is 0.801. The first kappa shape index (κ1) is 9.28. The van der Waals surface area contributed by atoms with Crippen molar-refractivity contribution in [3.8, 4) is 0 Å². The summed E-state index contributed by atoms with van der Waals surface area (Å²) < 4.78 is 0. The van der Waals surface area contributed by atoms with Crippen LogP contribution < -0.4 is 0 Å². The fraction of sp³-hybridized carbons (Fsp3) is 0.0833. The zero-order valence-electron chi connectivity index (χ0n) is 7.86. The molecular formula is C12H10OS. The van der Waals surface area contributed by atoms with Gasteiger partial charge in [0.15, 0.2) is 6.29 Å². The van der Waals surface area contributed by atoms with Crippen LogP contribution in [0.25, 0.3) is 10.8 Å². The monoisotopic (exact) mass is 202 g/mol. The number of carbonyl (C=O) groups excluding carboxylic acids is 1. The van der Waals surface area contributed by atoms with E-state index in [1.54, 1.807) is 11.8 Å². The molecule has 0 aromatic heterocycles. The zero-order chi connectivity index (χ0) is 9.97. The van der Waals surface area contributed by atoms with Gasteiger partial charge >= 0.3 is 0 Å². The van der Waals surface area contributed by atoms with E-state index in [1.165, 1.54) is 0 Å². The summed E-state index contributed by atoms with van der Waals surface area (Å²) >= 11 is 1.60. The minimum absolute atomic E-state index is 0.801. The second-order valence-corrected chi connectivity index (χ2v) is 3.87. The third kappa shape index (κ3) is 1.42. The first-order chi connectivity index (χ1) is 6.86. The van der Waals surface area contributed by atoms with Crippen LogP contribution in [-0.4, -0.2) is 12.5 Å². The Morgan fingerprint density at radius 3 is 2.64 bits per heavy atom. The zero-order valence-corrected chi connectivity index (χ0v) is 8.67. The van der Waals surface area contributed by atoms with Crippen LogP contribution >= 0.6 is 11.8 Å². The summed E-state index contributed by atoms with van der Waals surface area (Å²) in [6.07, 6.45) is 2.92. The summed E-state index contributed by atoms with van der Waals surface area (Å²) in [6, 6.07) is 12.0. The molecule has 0 aliphatic carbocycles. The van der Waals surface area contributed by atoms with E-state index in [2.05, 4.69) is 0 Å². The Labute approximate surface area is 87.1 Å². The minimum Gasteiger partial charge on any atom is -0.298 e. The molecule has 0 saturated heterocycles. The van der Waals surface area contributed by atoms with Gasteiger partial charge in [0.2, 0.25) is 0 Å². The van der Waals surface area contributed by atoms with Gasteiger partial charge in [0.05, 0.1) is 0 Å². The van der Waals surface area contributed by atoms with Gasteiger partial charge in [0.25, 0.3) is 0 Å². The number of rotatable bonds is 2. The maximum Gasteiger partial charge on any atom is 0.151 e. The fourth-order valence-electron chi connectivity index (χ4n) is 1.58. The van der Waals surface area contributed by atoms with Crippen LogP contribution in [0.4, 0.5) is 0 Å². The van der Waals surface area contributed by atoms with Gasteiger partial charge < -0.3 is 0 Å². The molecule has 0 bridgehead atoms. The van der Waals surface area contributed by atoms with Gasteiger partial charge in [-0.15, -0.1) is 11.8 Å². The van der Waals surface area contributed by atoms with Crippen molar-refractivity contribution in [2.45, 2.75) is 4.90 Å². The smallest absolute Gasteiger partial charge is 0.151 e. The lowest BCUT2D eigenvalue weighted by Gasteiger charge is -2.05. The lowest BCUT2D eigenvalue weighted by Crippen LogP contribution is -1.87. The van der Waals surface area contributed by atoms with Crippen molar-refractivity contribution in [1.82, 2.24) is 0 Å². The van der Waals surface area contributed by atoms with Crippen molar-refractivity contribution in [2.75, 3.05) is 6.26 Å². The molecule has 14 heavy (non-hydrogen) atoms. The number of hydrogen-bond acceptors (Lipinski definition) is 2. The average Bonchev–Trinajstić information content (AvgIpc) is 2.27. The molecule has 2 aromatic carbocycles. The Morgan fingerprint density at radius 1 is 1.14 bits per heavy atom. The second kappa shape index (κ2) is 3.84. The summed E-state index contributed by atoms with van der Waals surface area (Å²) in [5.74, 6) is 0. The molecule has 0 fully saturated rings. The maximum absolute atomic E-state index is 11.0. The van der Waals surface area contributed by atoms with Gasteiger partial charge in [-0.25, -0.2) is 0 Å². The van der Waals surface area contributed by atoms with E-state index in [0.717, 1.165) is 27.5 Å². The molecule has 70 valence electrons. The first-order valence-electron chi connectivity index (χ1n) is 4.37. The fourth-order valence-corrected chi connectivity index (χ4v) is 2.16. The molecule has 0 amide bonds.